The van der Waals surface area contributed by atoms with E-state index in [1.165, 1.54) is 4.90 Å². The molecule has 4 aliphatic rings. The summed E-state index contributed by atoms with van der Waals surface area (Å²) in [6.45, 7) is 2.36. The Hall–Kier alpha value is 0.455. The summed E-state index contributed by atoms with van der Waals surface area (Å²) in [4.78, 5) is 85.1. The van der Waals surface area contributed by atoms with Crippen LogP contribution in [0.1, 0.15) is 97.8 Å². The summed E-state index contributed by atoms with van der Waals surface area (Å²) < 4.78 is 0. The molecule has 4 fully saturated rings. The van der Waals surface area contributed by atoms with Crippen molar-refractivity contribution in [3.05, 3.63) is 0 Å². The number of aliphatic hydroxyl groups is 1. The summed E-state index contributed by atoms with van der Waals surface area (Å²) in [6.07, 6.45) is 6.37. The SMILES string of the molecule is CC(CCC(=O)[O-])C1CCC2C3CCC4CC(NC(=O)CCC(C(=O)[O-])N(CCN(CCN(CC(=O)[O-])CC(=O)[O-])CC(=O)[O-])CC(=O)[O-])CCC4(C)C3CC(O)C12C.[Gd+3].[Na+].[Na+].[Na+]. The molecule has 0 aromatic rings. The summed E-state index contributed by atoms with van der Waals surface area (Å²) in [5.74, 6) is -7.66. The number of carbonyl (C=O) groups is 7. The molecule has 18 nitrogen and oxygen atoms in total. The molecule has 0 aromatic carbocycles. The van der Waals surface area contributed by atoms with Crippen molar-refractivity contribution in [2.75, 3.05) is 52.4 Å². The molecule has 0 bridgehead atoms. The van der Waals surface area contributed by atoms with Crippen LogP contribution in [0.2, 0.25) is 0 Å². The third-order valence-electron chi connectivity index (χ3n) is 14.9. The first-order valence-electron chi connectivity index (χ1n) is 21.0. The molecule has 0 aliphatic heterocycles. The molecular formula is C41H60GdN4Na3O14. The number of aliphatic carboxylic acids is 6. The van der Waals surface area contributed by atoms with E-state index in [1.807, 2.05) is 0 Å². The third-order valence-corrected chi connectivity index (χ3v) is 14.9. The minimum atomic E-state index is -1.66. The van der Waals surface area contributed by atoms with Gasteiger partial charge in [0.05, 0.1) is 42.0 Å². The van der Waals surface area contributed by atoms with Crippen LogP contribution in [0, 0.1) is 86.3 Å². The smallest absolute Gasteiger partial charge is 0.550 e. The summed E-state index contributed by atoms with van der Waals surface area (Å²) in [5, 5.41) is 83.6. The number of nitrogens with zero attached hydrogens (tertiary/aromatic N) is 3. The molecule has 4 rings (SSSR count). The van der Waals surface area contributed by atoms with Gasteiger partial charge in [0.15, 0.2) is 0 Å². The average molecular weight is 1060 g/mol. The Balaban J connectivity index is 0.00000961. The fourth-order valence-corrected chi connectivity index (χ4v) is 12.0. The Morgan fingerprint density at radius 1 is 0.667 bits per heavy atom. The van der Waals surface area contributed by atoms with E-state index in [1.54, 1.807) is 0 Å². The van der Waals surface area contributed by atoms with Crippen molar-refractivity contribution in [2.45, 2.75) is 116 Å². The van der Waals surface area contributed by atoms with Crippen molar-refractivity contribution in [2.24, 2.45) is 46.3 Å². The summed E-state index contributed by atoms with van der Waals surface area (Å²) in [6, 6.07) is -1.74. The van der Waals surface area contributed by atoms with Gasteiger partial charge >= 0.3 is 129 Å². The topological polar surface area (TPSA) is 300 Å². The number of carbonyl (C=O) groups excluding carboxylic acids is 7. The number of carboxylic acids is 6. The molecule has 0 saturated heterocycles. The van der Waals surface area contributed by atoms with Crippen LogP contribution >= 0.6 is 0 Å². The molecule has 4 aliphatic carbocycles. The fraction of sp³-hybridized carbons (Fsp3) is 0.829. The van der Waals surface area contributed by atoms with Crippen molar-refractivity contribution in [3.8, 4) is 0 Å². The minimum Gasteiger partial charge on any atom is -0.550 e. The Bertz CT molecular complexity index is 1560. The van der Waals surface area contributed by atoms with Crippen LogP contribution < -0.4 is 125 Å². The Morgan fingerprint density at radius 3 is 1.78 bits per heavy atom. The predicted molar refractivity (Wildman–Crippen MR) is 194 cm³/mol. The summed E-state index contributed by atoms with van der Waals surface area (Å²) in [5.41, 5.74) is -0.318. The van der Waals surface area contributed by atoms with Gasteiger partial charge in [-0.25, -0.2) is 0 Å². The zero-order valence-corrected chi connectivity index (χ0v) is 46.1. The van der Waals surface area contributed by atoms with Gasteiger partial charge in [-0.2, -0.15) is 0 Å². The summed E-state index contributed by atoms with van der Waals surface area (Å²) in [7, 11) is 0. The van der Waals surface area contributed by atoms with Crippen molar-refractivity contribution in [1.29, 1.82) is 0 Å². The number of hydrogen-bond donors (Lipinski definition) is 2. The van der Waals surface area contributed by atoms with Gasteiger partial charge in [0.25, 0.3) is 0 Å². The maximum absolute atomic E-state index is 13.3. The Morgan fingerprint density at radius 2 is 1.22 bits per heavy atom. The first-order valence-corrected chi connectivity index (χ1v) is 21.0. The second-order valence-corrected chi connectivity index (χ2v) is 18.2. The molecule has 0 aromatic heterocycles. The predicted octanol–water partition coefficient (Wildman–Crippen LogP) is -14.9. The van der Waals surface area contributed by atoms with E-state index in [-0.39, 0.29) is 203 Å². The van der Waals surface area contributed by atoms with E-state index in [0.717, 1.165) is 48.3 Å². The molecule has 11 unspecified atom stereocenters. The van der Waals surface area contributed by atoms with Gasteiger partial charge in [-0.05, 0) is 117 Å². The maximum atomic E-state index is 13.3. The quantitative estimate of drug-likeness (QED) is 0.0849. The number of nitrogens with one attached hydrogen (secondary N) is 1. The number of hydrogen-bond acceptors (Lipinski definition) is 17. The average Bonchev–Trinajstić information content (AvgIpc) is 3.49. The van der Waals surface area contributed by atoms with Gasteiger partial charge in [-0.15, -0.1) is 0 Å². The first kappa shape index (κ1) is 63.5. The number of amides is 1. The molecular weight excluding hydrogens is 999 g/mol. The largest absolute Gasteiger partial charge is 3.00 e. The second kappa shape index (κ2) is 28.8. The van der Waals surface area contributed by atoms with Crippen LogP contribution in [0.3, 0.4) is 0 Å². The fourth-order valence-electron chi connectivity index (χ4n) is 12.0. The van der Waals surface area contributed by atoms with E-state index < -0.39 is 80.0 Å². The molecule has 63 heavy (non-hydrogen) atoms. The van der Waals surface area contributed by atoms with Crippen LogP contribution in [0.15, 0.2) is 0 Å². The van der Waals surface area contributed by atoms with E-state index >= 15 is 0 Å². The molecule has 22 heteroatoms. The molecule has 0 heterocycles. The van der Waals surface area contributed by atoms with Crippen LogP contribution in [-0.2, 0) is 33.6 Å². The van der Waals surface area contributed by atoms with Crippen LogP contribution in [0.25, 0.3) is 0 Å². The molecule has 4 saturated carbocycles. The normalized spacial score (nSPS) is 29.2. The number of fused-ring (bicyclic) bond motifs is 5. The third kappa shape index (κ3) is 17.4. The van der Waals surface area contributed by atoms with Crippen molar-refractivity contribution < 1.29 is 198 Å². The van der Waals surface area contributed by atoms with Crippen LogP contribution in [-0.4, -0.2) is 132 Å². The zero-order chi connectivity index (χ0) is 43.8. The van der Waals surface area contributed by atoms with Crippen LogP contribution in [0.5, 0.6) is 0 Å². The molecule has 1 amide bonds. The Labute approximate surface area is 468 Å². The van der Waals surface area contributed by atoms with Gasteiger partial charge in [0.1, 0.15) is 0 Å². The summed E-state index contributed by atoms with van der Waals surface area (Å²) >= 11 is 0. The van der Waals surface area contributed by atoms with Crippen molar-refractivity contribution in [3.63, 3.8) is 0 Å². The number of rotatable bonds is 24. The van der Waals surface area contributed by atoms with Crippen LogP contribution in [0.4, 0.5) is 0 Å². The van der Waals surface area contributed by atoms with E-state index in [9.17, 15) is 69.3 Å². The monoisotopic (exact) mass is 1060 g/mol. The first-order chi connectivity index (χ1) is 27.6. The van der Waals surface area contributed by atoms with Crippen molar-refractivity contribution in [1.82, 2.24) is 20.0 Å². The molecule has 11 atom stereocenters. The van der Waals surface area contributed by atoms with Gasteiger partial charge in [0, 0.05) is 70.8 Å². The number of carboxylic acid groups (broad SMARTS) is 6. The minimum absolute atomic E-state index is 0. The van der Waals surface area contributed by atoms with Crippen molar-refractivity contribution >= 4 is 41.7 Å². The number of aliphatic hydroxyl groups excluding tert-OH is 1. The zero-order valence-electron chi connectivity index (χ0n) is 37.8. The van der Waals surface area contributed by atoms with E-state index in [0.29, 0.717) is 42.9 Å². The molecule has 339 valence electrons. The molecule has 0 spiro atoms. The standard InChI is InChI=1S/C41H66N4O14.Gd.3Na/c1-24(4-11-34(48)49)28-7-8-29-27-6-5-25-18-26(12-13-40(25,2)30(27)19-32(46)41(28,29)3)42-33(47)10-9-31(39(58)59)45(23-38(56)57)17-16-43(20-35(50)51)14-15-44(21-36(52)53)22-37(54)55;;;;/h24-32,46H,4-23H2,1-3H3,(H,42,47)(H,48,49)(H,50,51)(H,52,53)(H,54,55)(H,56,57)(H,58,59);;;;/q;+3;3*+1/p-6. The Kier molecular flexibility index (Phi) is 29.0. The van der Waals surface area contributed by atoms with Gasteiger partial charge < -0.3 is 69.8 Å². The second-order valence-electron chi connectivity index (χ2n) is 18.2. The van der Waals surface area contributed by atoms with Gasteiger partial charge in [-0.1, -0.05) is 20.8 Å². The van der Waals surface area contributed by atoms with E-state index in [4.69, 9.17) is 0 Å². The molecule has 1 radical (unpaired) electrons. The van der Waals surface area contributed by atoms with Gasteiger partial charge in [-0.3, -0.25) is 19.5 Å². The maximum Gasteiger partial charge on any atom is 3.00 e. The van der Waals surface area contributed by atoms with Gasteiger partial charge in [0.2, 0.25) is 5.91 Å². The van der Waals surface area contributed by atoms with E-state index in [2.05, 4.69) is 26.1 Å². The molecule has 2 N–H and O–H groups in total.